The zero-order chi connectivity index (χ0) is 7.49. The Morgan fingerprint density at radius 3 is 2.11 bits per heavy atom. The van der Waals surface area contributed by atoms with Crippen molar-refractivity contribution in [2.24, 2.45) is 5.73 Å². The molecule has 54 valence electrons. The molecule has 9 heavy (non-hydrogen) atoms. The minimum absolute atomic E-state index is 0.0660. The fourth-order valence-electron chi connectivity index (χ4n) is 0.237. The zero-order valence-corrected chi connectivity index (χ0v) is 6.75. The molecule has 0 saturated carbocycles. The zero-order valence-electron chi connectivity index (χ0n) is 4.48. The van der Waals surface area contributed by atoms with Crippen molar-refractivity contribution in [1.29, 1.82) is 0 Å². The molecule has 0 spiro atoms. The van der Waals surface area contributed by atoms with Gasteiger partial charge in [-0.25, -0.2) is 0 Å². The molecule has 2 N–H and O–H groups in total. The molecule has 0 bridgehead atoms. The van der Waals surface area contributed by atoms with E-state index in [9.17, 15) is 4.79 Å². The van der Waals surface area contributed by atoms with Crippen LogP contribution in [-0.2, 0) is 4.79 Å². The Labute approximate surface area is 68.2 Å². The van der Waals surface area contributed by atoms with Crippen molar-refractivity contribution in [3.05, 3.63) is 0 Å². The highest BCUT2D eigenvalue weighted by Crippen LogP contribution is 2.29. The number of hydrogen-bond donors (Lipinski definition) is 1. The van der Waals surface area contributed by atoms with Gasteiger partial charge in [-0.1, -0.05) is 34.8 Å². The lowest BCUT2D eigenvalue weighted by molar-refractivity contribution is -0.108. The fraction of sp³-hybridized carbons (Fsp3) is 0.750. The van der Waals surface area contributed by atoms with Gasteiger partial charge in [0.25, 0.3) is 0 Å². The number of rotatable bonds is 2. The summed E-state index contributed by atoms with van der Waals surface area (Å²) in [5.41, 5.74) is 5.23. The van der Waals surface area contributed by atoms with Gasteiger partial charge in [-0.2, -0.15) is 0 Å². The average Bonchev–Trinajstić information content (AvgIpc) is 1.64. The lowest BCUT2D eigenvalue weighted by Crippen LogP contribution is -2.34. The van der Waals surface area contributed by atoms with E-state index in [-0.39, 0.29) is 6.42 Å². The molecule has 0 aromatic heterocycles. The highest BCUT2D eigenvalue weighted by Gasteiger charge is 2.28. The standard InChI is InChI=1S/C4H6Cl3NO/c5-4(6,7)3(8)1-2-9/h2-3H,1,8H2. The smallest absolute Gasteiger partial charge is 0.205 e. The summed E-state index contributed by atoms with van der Waals surface area (Å²) in [5.74, 6) is 0. The van der Waals surface area contributed by atoms with E-state index >= 15 is 0 Å². The summed E-state index contributed by atoms with van der Waals surface area (Å²) in [5, 5.41) is 0. The molecule has 0 heterocycles. The third kappa shape index (κ3) is 3.98. The van der Waals surface area contributed by atoms with Crippen LogP contribution in [0.1, 0.15) is 6.42 Å². The topological polar surface area (TPSA) is 43.1 Å². The van der Waals surface area contributed by atoms with Crippen LogP contribution in [0.15, 0.2) is 0 Å². The van der Waals surface area contributed by atoms with Crippen molar-refractivity contribution in [2.75, 3.05) is 0 Å². The van der Waals surface area contributed by atoms with Crippen molar-refractivity contribution >= 4 is 41.1 Å². The second-order valence-electron chi connectivity index (χ2n) is 1.55. The van der Waals surface area contributed by atoms with Gasteiger partial charge in [-0.05, 0) is 0 Å². The average molecular weight is 190 g/mol. The summed E-state index contributed by atoms with van der Waals surface area (Å²) in [6, 6.07) is -0.708. The summed E-state index contributed by atoms with van der Waals surface area (Å²) in [6.45, 7) is 0. The second-order valence-corrected chi connectivity index (χ2v) is 3.92. The van der Waals surface area contributed by atoms with Crippen molar-refractivity contribution in [2.45, 2.75) is 16.3 Å². The normalized spacial score (nSPS) is 15.1. The largest absolute Gasteiger partial charge is 0.324 e. The van der Waals surface area contributed by atoms with Gasteiger partial charge in [-0.15, -0.1) is 0 Å². The Morgan fingerprint density at radius 1 is 1.56 bits per heavy atom. The van der Waals surface area contributed by atoms with Crippen LogP contribution in [0.4, 0.5) is 0 Å². The first-order chi connectivity index (χ1) is 3.98. The quantitative estimate of drug-likeness (QED) is 0.526. The van der Waals surface area contributed by atoms with Gasteiger partial charge in [-0.3, -0.25) is 0 Å². The molecule has 0 aliphatic heterocycles. The Hall–Kier alpha value is 0.500. The number of hydrogen-bond acceptors (Lipinski definition) is 2. The van der Waals surface area contributed by atoms with Gasteiger partial charge in [0.1, 0.15) is 6.29 Å². The van der Waals surface area contributed by atoms with E-state index in [0.29, 0.717) is 6.29 Å². The van der Waals surface area contributed by atoms with Gasteiger partial charge >= 0.3 is 0 Å². The number of carbonyl (C=O) groups excluding carboxylic acids is 1. The van der Waals surface area contributed by atoms with Gasteiger partial charge in [0.15, 0.2) is 0 Å². The predicted molar refractivity (Wildman–Crippen MR) is 38.9 cm³/mol. The maximum atomic E-state index is 9.81. The first-order valence-corrected chi connectivity index (χ1v) is 3.38. The van der Waals surface area contributed by atoms with E-state index in [4.69, 9.17) is 40.5 Å². The maximum Gasteiger partial charge on any atom is 0.205 e. The molecule has 0 amide bonds. The van der Waals surface area contributed by atoms with Crippen molar-refractivity contribution < 1.29 is 4.79 Å². The van der Waals surface area contributed by atoms with E-state index in [2.05, 4.69) is 0 Å². The summed E-state index contributed by atoms with van der Waals surface area (Å²) < 4.78 is -1.53. The molecule has 0 radical (unpaired) electrons. The second kappa shape index (κ2) is 3.62. The molecule has 0 saturated heterocycles. The van der Waals surface area contributed by atoms with Gasteiger partial charge in [0.2, 0.25) is 3.79 Å². The Kier molecular flexibility index (Phi) is 3.82. The van der Waals surface area contributed by atoms with E-state index < -0.39 is 9.83 Å². The van der Waals surface area contributed by atoms with Crippen molar-refractivity contribution in [1.82, 2.24) is 0 Å². The lowest BCUT2D eigenvalue weighted by Gasteiger charge is -2.16. The summed E-state index contributed by atoms with van der Waals surface area (Å²) in [6.07, 6.45) is 0.684. The van der Waals surface area contributed by atoms with Crippen LogP contribution in [0.3, 0.4) is 0 Å². The molecule has 0 aliphatic rings. The van der Waals surface area contributed by atoms with Gasteiger partial charge in [0, 0.05) is 6.42 Å². The van der Waals surface area contributed by atoms with E-state index in [0.717, 1.165) is 0 Å². The summed E-state index contributed by atoms with van der Waals surface area (Å²) >= 11 is 15.9. The minimum Gasteiger partial charge on any atom is -0.324 e. The summed E-state index contributed by atoms with van der Waals surface area (Å²) in [7, 11) is 0. The van der Waals surface area contributed by atoms with Crippen molar-refractivity contribution in [3.8, 4) is 0 Å². The first kappa shape index (κ1) is 9.50. The lowest BCUT2D eigenvalue weighted by atomic mass is 10.3. The highest BCUT2D eigenvalue weighted by atomic mass is 35.6. The van der Waals surface area contributed by atoms with Crippen LogP contribution in [0, 0.1) is 0 Å². The van der Waals surface area contributed by atoms with Crippen LogP contribution in [-0.4, -0.2) is 16.1 Å². The molecule has 0 fully saturated rings. The molecule has 5 heteroatoms. The van der Waals surface area contributed by atoms with Crippen molar-refractivity contribution in [3.63, 3.8) is 0 Å². The molecule has 0 aliphatic carbocycles. The number of aldehydes is 1. The number of alkyl halides is 3. The van der Waals surface area contributed by atoms with E-state index in [1.165, 1.54) is 0 Å². The molecule has 2 nitrogen and oxygen atoms in total. The van der Waals surface area contributed by atoms with Crippen LogP contribution < -0.4 is 5.73 Å². The summed E-state index contributed by atoms with van der Waals surface area (Å²) in [4.78, 5) is 9.81. The molecule has 1 atom stereocenters. The molecular formula is C4H6Cl3NO. The van der Waals surface area contributed by atoms with Crippen LogP contribution in [0.2, 0.25) is 0 Å². The molecule has 0 aromatic carbocycles. The van der Waals surface area contributed by atoms with Crippen LogP contribution in [0.25, 0.3) is 0 Å². The minimum atomic E-state index is -1.53. The molecule has 0 rings (SSSR count). The highest BCUT2D eigenvalue weighted by molar-refractivity contribution is 6.68. The van der Waals surface area contributed by atoms with E-state index in [1.54, 1.807) is 0 Å². The van der Waals surface area contributed by atoms with Crippen LogP contribution >= 0.6 is 34.8 Å². The Balaban J connectivity index is 3.72. The van der Waals surface area contributed by atoms with Gasteiger partial charge < -0.3 is 10.5 Å². The molecular weight excluding hydrogens is 184 g/mol. The van der Waals surface area contributed by atoms with Gasteiger partial charge in [0.05, 0.1) is 6.04 Å². The first-order valence-electron chi connectivity index (χ1n) is 2.24. The SMILES string of the molecule is NC(CC=O)C(Cl)(Cl)Cl. The predicted octanol–water partition coefficient (Wildman–Crippen LogP) is 1.27. The number of carbonyl (C=O) groups is 1. The monoisotopic (exact) mass is 189 g/mol. The Bertz CT molecular complexity index is 100. The third-order valence-electron chi connectivity index (χ3n) is 0.771. The Morgan fingerprint density at radius 2 is 2.00 bits per heavy atom. The number of nitrogens with two attached hydrogens (primary N) is 1. The molecule has 0 aromatic rings. The van der Waals surface area contributed by atoms with E-state index in [1.807, 2.05) is 0 Å². The maximum absolute atomic E-state index is 9.81. The third-order valence-corrected chi connectivity index (χ3v) is 1.61. The van der Waals surface area contributed by atoms with Crippen LogP contribution in [0.5, 0.6) is 0 Å². The number of halogens is 3. The fourth-order valence-corrected chi connectivity index (χ4v) is 0.505. The molecule has 1 unspecified atom stereocenters.